The number of nitrogens with zero attached hydrogens (tertiary/aromatic N) is 2. The zero-order chi connectivity index (χ0) is 18.4. The van der Waals surface area contributed by atoms with Gasteiger partial charge in [0.2, 0.25) is 0 Å². The van der Waals surface area contributed by atoms with Gasteiger partial charge in [-0.25, -0.2) is 4.68 Å². The van der Waals surface area contributed by atoms with E-state index in [9.17, 15) is 0 Å². The Morgan fingerprint density at radius 1 is 1.24 bits per heavy atom. The third-order valence-corrected chi connectivity index (χ3v) is 7.97. The molecular formula is C19H22Cl3N2P. The molecule has 6 heteroatoms. The molecule has 2 aromatic rings. The van der Waals surface area contributed by atoms with Crippen molar-refractivity contribution in [2.24, 2.45) is 0 Å². The van der Waals surface area contributed by atoms with Crippen LogP contribution in [0.2, 0.25) is 10.2 Å². The molecule has 0 saturated heterocycles. The first kappa shape index (κ1) is 19.1. The van der Waals surface area contributed by atoms with Gasteiger partial charge in [0.15, 0.2) is 0 Å². The van der Waals surface area contributed by atoms with Crippen molar-refractivity contribution in [2.45, 2.75) is 32.6 Å². The number of halogens is 3. The predicted octanol–water partition coefficient (Wildman–Crippen LogP) is 6.61. The van der Waals surface area contributed by atoms with Crippen LogP contribution in [-0.4, -0.2) is 29.4 Å². The van der Waals surface area contributed by atoms with Crippen LogP contribution in [0.5, 0.6) is 0 Å². The zero-order valence-corrected chi connectivity index (χ0v) is 17.9. The van der Waals surface area contributed by atoms with Gasteiger partial charge in [-0.05, 0) is 75.3 Å². The van der Waals surface area contributed by atoms with E-state index in [1.807, 2.05) is 29.8 Å². The van der Waals surface area contributed by atoms with E-state index in [0.717, 1.165) is 40.1 Å². The molecule has 3 rings (SSSR count). The molecule has 1 heterocycles. The summed E-state index contributed by atoms with van der Waals surface area (Å²) in [6.45, 7) is 4.64. The highest BCUT2D eigenvalue weighted by atomic mass is 35.5. The van der Waals surface area contributed by atoms with Crippen molar-refractivity contribution in [1.29, 1.82) is 0 Å². The standard InChI is InChI=1S/C19H22Cl3N2P/c1-12-9-15(20)13(11-18(21)25(2,3)4)10-17(12)24-19(22)14-7-5-6-8-16(14)23-24/h9-11H,2,5-8H2,1,3-4H3. The van der Waals surface area contributed by atoms with Gasteiger partial charge in [-0.3, -0.25) is 0 Å². The minimum absolute atomic E-state index is 0.667. The van der Waals surface area contributed by atoms with E-state index in [4.69, 9.17) is 39.9 Å². The molecule has 1 aliphatic carbocycles. The molecule has 1 aromatic carbocycles. The molecule has 0 bridgehead atoms. The van der Waals surface area contributed by atoms with E-state index in [0.29, 0.717) is 10.2 Å². The molecule has 0 unspecified atom stereocenters. The first-order valence-electron chi connectivity index (χ1n) is 8.31. The molecule has 0 fully saturated rings. The Morgan fingerprint density at radius 2 is 1.92 bits per heavy atom. The van der Waals surface area contributed by atoms with E-state index in [1.165, 1.54) is 18.4 Å². The van der Waals surface area contributed by atoms with Crippen LogP contribution in [0.25, 0.3) is 11.8 Å². The van der Waals surface area contributed by atoms with E-state index in [-0.39, 0.29) is 0 Å². The highest BCUT2D eigenvalue weighted by Gasteiger charge is 2.21. The van der Waals surface area contributed by atoms with Gasteiger partial charge in [-0.15, -0.1) is 0 Å². The van der Waals surface area contributed by atoms with Crippen LogP contribution in [0.15, 0.2) is 16.9 Å². The van der Waals surface area contributed by atoms with Crippen LogP contribution in [0.3, 0.4) is 0 Å². The fourth-order valence-corrected chi connectivity index (χ4v) is 4.20. The fourth-order valence-electron chi connectivity index (χ4n) is 2.99. The summed E-state index contributed by atoms with van der Waals surface area (Å²) in [5.41, 5.74) is 5.14. The van der Waals surface area contributed by atoms with Gasteiger partial charge in [-0.1, -0.05) is 48.0 Å². The number of rotatable bonds is 3. The highest BCUT2D eigenvalue weighted by Crippen LogP contribution is 2.49. The molecule has 1 aliphatic rings. The van der Waals surface area contributed by atoms with Crippen molar-refractivity contribution < 1.29 is 0 Å². The van der Waals surface area contributed by atoms with Crippen LogP contribution in [0, 0.1) is 6.92 Å². The van der Waals surface area contributed by atoms with Gasteiger partial charge < -0.3 is 0 Å². The van der Waals surface area contributed by atoms with Crippen LogP contribution in [0.4, 0.5) is 0 Å². The van der Waals surface area contributed by atoms with Crippen molar-refractivity contribution in [2.75, 3.05) is 13.3 Å². The van der Waals surface area contributed by atoms with Gasteiger partial charge in [0.1, 0.15) is 5.15 Å². The predicted molar refractivity (Wildman–Crippen MR) is 115 cm³/mol. The molecule has 2 nitrogen and oxygen atoms in total. The second-order valence-corrected chi connectivity index (χ2v) is 12.4. The van der Waals surface area contributed by atoms with E-state index < -0.39 is 6.89 Å². The van der Waals surface area contributed by atoms with Crippen molar-refractivity contribution >= 4 is 54.1 Å². The zero-order valence-electron chi connectivity index (χ0n) is 14.7. The maximum absolute atomic E-state index is 6.64. The highest BCUT2D eigenvalue weighted by molar-refractivity contribution is 7.78. The molecule has 25 heavy (non-hydrogen) atoms. The molecule has 0 spiro atoms. The topological polar surface area (TPSA) is 17.8 Å². The van der Waals surface area contributed by atoms with Crippen molar-refractivity contribution in [1.82, 2.24) is 9.78 Å². The van der Waals surface area contributed by atoms with E-state index in [2.05, 4.69) is 19.6 Å². The molecule has 0 aliphatic heterocycles. The number of benzene rings is 1. The first-order valence-corrected chi connectivity index (χ1v) is 12.3. The molecule has 134 valence electrons. The van der Waals surface area contributed by atoms with Crippen molar-refractivity contribution in [3.05, 3.63) is 49.5 Å². The monoisotopic (exact) mass is 414 g/mol. The summed E-state index contributed by atoms with van der Waals surface area (Å²) < 4.78 is 2.61. The molecule has 0 N–H and O–H groups in total. The van der Waals surface area contributed by atoms with Gasteiger partial charge in [0, 0.05) is 15.4 Å². The summed E-state index contributed by atoms with van der Waals surface area (Å²) in [4.78, 5) is 0. The average Bonchev–Trinajstić information content (AvgIpc) is 2.86. The lowest BCUT2D eigenvalue weighted by atomic mass is 9.98. The Hall–Kier alpha value is -0.660. The van der Waals surface area contributed by atoms with E-state index in [1.54, 1.807) is 0 Å². The lowest BCUT2D eigenvalue weighted by Gasteiger charge is -2.14. The molecule has 0 amide bonds. The number of aryl methyl sites for hydroxylation is 2. The number of aromatic nitrogens is 2. The Morgan fingerprint density at radius 3 is 2.56 bits per heavy atom. The molecule has 0 saturated carbocycles. The molecule has 0 atom stereocenters. The Bertz CT molecular complexity index is 906. The molecular weight excluding hydrogens is 394 g/mol. The quantitative estimate of drug-likeness (QED) is 0.515. The Balaban J connectivity index is 2.14. The summed E-state index contributed by atoms with van der Waals surface area (Å²) in [6, 6.07) is 3.96. The maximum Gasteiger partial charge on any atom is 0.136 e. The molecule has 0 radical (unpaired) electrons. The number of hydrogen-bond acceptors (Lipinski definition) is 1. The normalized spacial score (nSPS) is 15.4. The van der Waals surface area contributed by atoms with Crippen LogP contribution in [0.1, 0.15) is 35.2 Å². The van der Waals surface area contributed by atoms with Crippen LogP contribution < -0.4 is 0 Å². The smallest absolute Gasteiger partial charge is 0.136 e. The van der Waals surface area contributed by atoms with E-state index >= 15 is 0 Å². The lowest BCUT2D eigenvalue weighted by molar-refractivity contribution is 0.671. The minimum atomic E-state index is -1.54. The van der Waals surface area contributed by atoms with Crippen molar-refractivity contribution in [3.63, 3.8) is 0 Å². The van der Waals surface area contributed by atoms with Gasteiger partial charge >= 0.3 is 0 Å². The van der Waals surface area contributed by atoms with Crippen LogP contribution in [-0.2, 0) is 12.8 Å². The third-order valence-electron chi connectivity index (χ3n) is 4.49. The second-order valence-electron chi connectivity index (χ2n) is 7.15. The van der Waals surface area contributed by atoms with Gasteiger partial charge in [0.05, 0.1) is 11.4 Å². The first-order chi connectivity index (χ1) is 11.7. The summed E-state index contributed by atoms with van der Waals surface area (Å²) in [5, 5.41) is 6.14. The second kappa shape index (κ2) is 7.16. The number of hydrogen-bond donors (Lipinski definition) is 0. The Labute approximate surface area is 164 Å². The molecule has 1 aromatic heterocycles. The summed E-state index contributed by atoms with van der Waals surface area (Å²) in [5.74, 6) is 0. The van der Waals surface area contributed by atoms with Crippen molar-refractivity contribution in [3.8, 4) is 5.69 Å². The summed E-state index contributed by atoms with van der Waals surface area (Å²) in [7, 11) is 0. The Kier molecular flexibility index (Phi) is 5.47. The number of fused-ring (bicyclic) bond motifs is 1. The fraction of sp³-hybridized carbons (Fsp3) is 0.368. The van der Waals surface area contributed by atoms with Gasteiger partial charge in [-0.2, -0.15) is 5.10 Å². The SMILES string of the molecule is C=P(C)(C)C(Cl)=Cc1cc(-n2nc3c(c2Cl)CCCC3)c(C)cc1Cl. The average molecular weight is 416 g/mol. The van der Waals surface area contributed by atoms with Crippen LogP contribution >= 0.6 is 41.7 Å². The summed E-state index contributed by atoms with van der Waals surface area (Å²) >= 11 is 19.5. The lowest BCUT2D eigenvalue weighted by Crippen LogP contribution is -2.01. The minimum Gasteiger partial charge on any atom is -0.221 e. The largest absolute Gasteiger partial charge is 0.221 e. The third kappa shape index (κ3) is 3.88. The maximum atomic E-state index is 6.64. The van der Waals surface area contributed by atoms with Gasteiger partial charge in [0.25, 0.3) is 0 Å². The summed E-state index contributed by atoms with van der Waals surface area (Å²) in [6.07, 6.45) is 10.4.